The molecule has 2 rings (SSSR count). The predicted molar refractivity (Wildman–Crippen MR) is 50.2 cm³/mol. The molecule has 0 unspecified atom stereocenters. The molecule has 1 aliphatic carbocycles. The minimum atomic E-state index is 0.775. The molecule has 1 aromatic rings. The summed E-state index contributed by atoms with van der Waals surface area (Å²) in [4.78, 5) is 4.33. The molecular formula is C10H12N2O. The van der Waals surface area contributed by atoms with Gasteiger partial charge in [-0.25, -0.2) is 0 Å². The van der Waals surface area contributed by atoms with E-state index in [1.807, 2.05) is 19.2 Å². The minimum Gasteiger partial charge on any atom is -0.411 e. The molecule has 0 atom stereocenters. The third-order valence-corrected chi connectivity index (χ3v) is 2.37. The zero-order valence-corrected chi connectivity index (χ0v) is 7.62. The maximum absolute atomic E-state index is 8.79. The summed E-state index contributed by atoms with van der Waals surface area (Å²) >= 11 is 0. The van der Waals surface area contributed by atoms with Crippen LogP contribution < -0.4 is 0 Å². The van der Waals surface area contributed by atoms with Crippen molar-refractivity contribution in [2.24, 2.45) is 5.16 Å². The number of pyridine rings is 1. The van der Waals surface area contributed by atoms with Crippen molar-refractivity contribution >= 4 is 5.71 Å². The first kappa shape index (κ1) is 8.23. The fourth-order valence-corrected chi connectivity index (χ4v) is 1.71. The van der Waals surface area contributed by atoms with Gasteiger partial charge in [-0.15, -0.1) is 0 Å². The molecule has 3 nitrogen and oxygen atoms in total. The number of aryl methyl sites for hydroxylation is 2. The molecule has 13 heavy (non-hydrogen) atoms. The van der Waals surface area contributed by atoms with Crippen molar-refractivity contribution < 1.29 is 5.21 Å². The van der Waals surface area contributed by atoms with E-state index >= 15 is 0 Å². The number of hydrogen-bond donors (Lipinski definition) is 1. The van der Waals surface area contributed by atoms with Gasteiger partial charge in [-0.05, 0) is 37.8 Å². The molecule has 0 fully saturated rings. The number of nitrogens with zero attached hydrogens (tertiary/aromatic N) is 2. The average molecular weight is 176 g/mol. The van der Waals surface area contributed by atoms with Crippen LogP contribution in [0.1, 0.15) is 29.7 Å². The molecular weight excluding hydrogens is 164 g/mol. The van der Waals surface area contributed by atoms with Gasteiger partial charge in [0.05, 0.1) is 5.71 Å². The number of aromatic nitrogens is 1. The Balaban J connectivity index is 2.54. The third-order valence-electron chi connectivity index (χ3n) is 2.37. The van der Waals surface area contributed by atoms with Crippen molar-refractivity contribution in [2.75, 3.05) is 0 Å². The fraction of sp³-hybridized carbons (Fsp3) is 0.400. The second-order valence-electron chi connectivity index (χ2n) is 3.41. The van der Waals surface area contributed by atoms with Crippen LogP contribution >= 0.6 is 0 Å². The Bertz CT molecular complexity index is 358. The quantitative estimate of drug-likeness (QED) is 0.484. The molecule has 0 saturated carbocycles. The smallest absolute Gasteiger partial charge is 0.0886 e. The Hall–Kier alpha value is -1.38. The Kier molecular flexibility index (Phi) is 2.00. The van der Waals surface area contributed by atoms with Crippen LogP contribution in [0.15, 0.2) is 17.4 Å². The Morgan fingerprint density at radius 1 is 1.46 bits per heavy atom. The van der Waals surface area contributed by atoms with Crippen LogP contribution in [0.25, 0.3) is 0 Å². The largest absolute Gasteiger partial charge is 0.411 e. The molecule has 0 aliphatic heterocycles. The molecule has 1 heterocycles. The highest BCUT2D eigenvalue weighted by Crippen LogP contribution is 2.20. The van der Waals surface area contributed by atoms with Crippen LogP contribution in [0.4, 0.5) is 0 Å². The molecule has 0 spiro atoms. The van der Waals surface area contributed by atoms with E-state index in [2.05, 4.69) is 10.1 Å². The molecule has 0 amide bonds. The van der Waals surface area contributed by atoms with Gasteiger partial charge in [0.2, 0.25) is 0 Å². The first-order valence-corrected chi connectivity index (χ1v) is 4.48. The number of hydrogen-bond acceptors (Lipinski definition) is 3. The van der Waals surface area contributed by atoms with Crippen LogP contribution in [-0.4, -0.2) is 15.9 Å². The van der Waals surface area contributed by atoms with Crippen molar-refractivity contribution in [3.05, 3.63) is 29.1 Å². The maximum atomic E-state index is 8.79. The number of fused-ring (bicyclic) bond motifs is 1. The second-order valence-corrected chi connectivity index (χ2v) is 3.41. The van der Waals surface area contributed by atoms with Crippen molar-refractivity contribution in [1.82, 2.24) is 4.98 Å². The molecule has 1 aliphatic rings. The summed E-state index contributed by atoms with van der Waals surface area (Å²) in [7, 11) is 0. The maximum Gasteiger partial charge on any atom is 0.0886 e. The van der Waals surface area contributed by atoms with E-state index in [0.29, 0.717) is 0 Å². The van der Waals surface area contributed by atoms with Crippen LogP contribution in [0.2, 0.25) is 0 Å². The van der Waals surface area contributed by atoms with Crippen molar-refractivity contribution in [3.8, 4) is 0 Å². The van der Waals surface area contributed by atoms with Gasteiger partial charge in [0.1, 0.15) is 0 Å². The van der Waals surface area contributed by atoms with E-state index in [-0.39, 0.29) is 0 Å². The van der Waals surface area contributed by atoms with Gasteiger partial charge < -0.3 is 5.21 Å². The highest BCUT2D eigenvalue weighted by molar-refractivity contribution is 6.02. The SMILES string of the molecule is Cc1cnc2c(c1)/C(=N\O)CCC2. The first-order valence-electron chi connectivity index (χ1n) is 4.48. The Morgan fingerprint density at radius 3 is 3.08 bits per heavy atom. The molecule has 1 N–H and O–H groups in total. The lowest BCUT2D eigenvalue weighted by atomic mass is 9.93. The summed E-state index contributed by atoms with van der Waals surface area (Å²) in [5.74, 6) is 0. The standard InChI is InChI=1S/C10H12N2O/c1-7-5-8-9(11-6-7)3-2-4-10(8)12-13/h5-6,13H,2-4H2,1H3/b12-10-. The zero-order valence-electron chi connectivity index (χ0n) is 7.62. The number of rotatable bonds is 0. The summed E-state index contributed by atoms with van der Waals surface area (Å²) in [6.07, 6.45) is 4.74. The lowest BCUT2D eigenvalue weighted by Crippen LogP contribution is -2.13. The van der Waals surface area contributed by atoms with Crippen molar-refractivity contribution in [3.63, 3.8) is 0 Å². The first-order chi connectivity index (χ1) is 6.31. The summed E-state index contributed by atoms with van der Waals surface area (Å²) in [6.45, 7) is 2.00. The monoisotopic (exact) mass is 176 g/mol. The molecule has 0 saturated heterocycles. The molecule has 0 aromatic carbocycles. The fourth-order valence-electron chi connectivity index (χ4n) is 1.71. The minimum absolute atomic E-state index is 0.775. The van der Waals surface area contributed by atoms with Crippen LogP contribution in [0.3, 0.4) is 0 Å². The third kappa shape index (κ3) is 1.41. The normalized spacial score (nSPS) is 18.7. The van der Waals surface area contributed by atoms with Crippen molar-refractivity contribution in [1.29, 1.82) is 0 Å². The molecule has 0 bridgehead atoms. The Morgan fingerprint density at radius 2 is 2.31 bits per heavy atom. The highest BCUT2D eigenvalue weighted by atomic mass is 16.4. The van der Waals surface area contributed by atoms with E-state index in [1.54, 1.807) is 0 Å². The summed E-state index contributed by atoms with van der Waals surface area (Å²) < 4.78 is 0. The topological polar surface area (TPSA) is 45.5 Å². The number of oxime groups is 1. The molecule has 1 aromatic heterocycles. The van der Waals surface area contributed by atoms with Gasteiger partial charge in [0, 0.05) is 17.5 Å². The average Bonchev–Trinajstić information content (AvgIpc) is 2.17. The van der Waals surface area contributed by atoms with Gasteiger partial charge >= 0.3 is 0 Å². The van der Waals surface area contributed by atoms with Gasteiger partial charge in [0.15, 0.2) is 0 Å². The predicted octanol–water partition coefficient (Wildman–Crippen LogP) is 1.90. The van der Waals surface area contributed by atoms with E-state index in [1.165, 1.54) is 0 Å². The Labute approximate surface area is 77.1 Å². The summed E-state index contributed by atoms with van der Waals surface area (Å²) in [6, 6.07) is 2.04. The van der Waals surface area contributed by atoms with Gasteiger partial charge in [-0.2, -0.15) is 0 Å². The molecule has 3 heteroatoms. The molecule has 0 radical (unpaired) electrons. The van der Waals surface area contributed by atoms with Gasteiger partial charge in [-0.1, -0.05) is 5.16 Å². The van der Waals surface area contributed by atoms with E-state index < -0.39 is 0 Å². The van der Waals surface area contributed by atoms with Gasteiger partial charge in [0.25, 0.3) is 0 Å². The molecule has 68 valence electrons. The lowest BCUT2D eigenvalue weighted by Gasteiger charge is -2.15. The van der Waals surface area contributed by atoms with Crippen molar-refractivity contribution in [2.45, 2.75) is 26.2 Å². The zero-order chi connectivity index (χ0) is 9.26. The van der Waals surface area contributed by atoms with Gasteiger partial charge in [-0.3, -0.25) is 4.98 Å². The summed E-state index contributed by atoms with van der Waals surface area (Å²) in [5.41, 5.74) is 3.97. The lowest BCUT2D eigenvalue weighted by molar-refractivity contribution is 0.317. The summed E-state index contributed by atoms with van der Waals surface area (Å²) in [5, 5.41) is 12.1. The van der Waals surface area contributed by atoms with Crippen LogP contribution in [0, 0.1) is 6.92 Å². The van der Waals surface area contributed by atoms with E-state index in [9.17, 15) is 0 Å². The second kappa shape index (κ2) is 3.17. The van der Waals surface area contributed by atoms with Crippen LogP contribution in [0.5, 0.6) is 0 Å². The van der Waals surface area contributed by atoms with Crippen LogP contribution in [-0.2, 0) is 6.42 Å². The highest BCUT2D eigenvalue weighted by Gasteiger charge is 2.16. The van der Waals surface area contributed by atoms with E-state index in [0.717, 1.165) is 41.8 Å². The van der Waals surface area contributed by atoms with E-state index in [4.69, 9.17) is 5.21 Å².